The van der Waals surface area contributed by atoms with Crippen molar-refractivity contribution in [3.8, 4) is 22.9 Å². The fourth-order valence-corrected chi connectivity index (χ4v) is 3.99. The lowest BCUT2D eigenvalue weighted by molar-refractivity contribution is 0.174. The molecule has 9 heteroatoms. The van der Waals surface area contributed by atoms with Crippen molar-refractivity contribution in [3.63, 3.8) is 0 Å². The monoisotopic (exact) mass is 386 g/mol. The van der Waals surface area contributed by atoms with Gasteiger partial charge >= 0.3 is 0 Å². The number of ether oxygens (including phenoxy) is 2. The van der Waals surface area contributed by atoms with Crippen molar-refractivity contribution in [2.75, 3.05) is 6.79 Å². The number of benzene rings is 1. The van der Waals surface area contributed by atoms with Crippen LogP contribution in [0.5, 0.6) is 11.5 Å². The third-order valence-corrected chi connectivity index (χ3v) is 5.60. The van der Waals surface area contributed by atoms with Gasteiger partial charge < -0.3 is 18.4 Å². The van der Waals surface area contributed by atoms with Crippen LogP contribution in [0.4, 0.5) is 0 Å². The number of fused-ring (bicyclic) bond motifs is 1. The molecule has 0 amide bonds. The summed E-state index contributed by atoms with van der Waals surface area (Å²) in [7, 11) is 0. The fraction of sp³-hybridized carbons (Fsp3) is 0.444. The highest BCUT2D eigenvalue weighted by molar-refractivity contribution is 7.98. The molecule has 1 aliphatic heterocycles. The van der Waals surface area contributed by atoms with Crippen LogP contribution in [0, 0.1) is 0 Å². The highest BCUT2D eigenvalue weighted by Crippen LogP contribution is 2.36. The molecule has 140 valence electrons. The zero-order chi connectivity index (χ0) is 18.1. The van der Waals surface area contributed by atoms with Crippen molar-refractivity contribution >= 4 is 11.8 Å². The Morgan fingerprint density at radius 1 is 1.04 bits per heavy atom. The lowest BCUT2D eigenvalue weighted by Gasteiger charge is -2.17. The van der Waals surface area contributed by atoms with E-state index in [1.54, 1.807) is 0 Å². The molecule has 5 rings (SSSR count). The first-order chi connectivity index (χ1) is 13.3. The summed E-state index contributed by atoms with van der Waals surface area (Å²) < 4.78 is 21.8. The molecule has 0 bridgehead atoms. The van der Waals surface area contributed by atoms with Crippen LogP contribution < -0.4 is 9.47 Å². The molecule has 0 unspecified atom stereocenters. The molecule has 0 atom stereocenters. The van der Waals surface area contributed by atoms with Crippen LogP contribution in [0.1, 0.15) is 49.8 Å². The van der Waals surface area contributed by atoms with Crippen molar-refractivity contribution < 1.29 is 18.4 Å². The van der Waals surface area contributed by atoms with Crippen LogP contribution in [-0.2, 0) is 5.75 Å². The molecule has 3 aromatic rings. The van der Waals surface area contributed by atoms with E-state index in [-0.39, 0.29) is 6.79 Å². The Balaban J connectivity index is 1.23. The summed E-state index contributed by atoms with van der Waals surface area (Å²) in [5.74, 6) is 4.06. The second-order valence-corrected chi connectivity index (χ2v) is 7.54. The zero-order valence-corrected chi connectivity index (χ0v) is 15.4. The van der Waals surface area contributed by atoms with Gasteiger partial charge in [0.1, 0.15) is 0 Å². The van der Waals surface area contributed by atoms with Crippen LogP contribution in [0.15, 0.2) is 32.4 Å². The second-order valence-electron chi connectivity index (χ2n) is 6.61. The van der Waals surface area contributed by atoms with E-state index in [2.05, 4.69) is 20.3 Å². The van der Waals surface area contributed by atoms with Gasteiger partial charge in [0, 0.05) is 11.5 Å². The van der Waals surface area contributed by atoms with Gasteiger partial charge in [-0.1, -0.05) is 36.2 Å². The summed E-state index contributed by atoms with van der Waals surface area (Å²) in [5.41, 5.74) is 0.816. The molecule has 2 aromatic heterocycles. The van der Waals surface area contributed by atoms with Crippen LogP contribution in [0.3, 0.4) is 0 Å². The van der Waals surface area contributed by atoms with E-state index in [1.165, 1.54) is 31.0 Å². The molecule has 0 radical (unpaired) electrons. The lowest BCUT2D eigenvalue weighted by atomic mass is 9.89. The summed E-state index contributed by atoms with van der Waals surface area (Å²) >= 11 is 1.41. The van der Waals surface area contributed by atoms with Gasteiger partial charge in [0.2, 0.25) is 24.4 Å². The largest absolute Gasteiger partial charge is 0.454 e. The second kappa shape index (κ2) is 7.22. The molecule has 1 fully saturated rings. The minimum absolute atomic E-state index is 0.236. The van der Waals surface area contributed by atoms with E-state index < -0.39 is 0 Å². The van der Waals surface area contributed by atoms with E-state index in [1.807, 2.05) is 18.2 Å². The average molecular weight is 386 g/mol. The molecular formula is C18H18N4O4S. The maximum atomic E-state index is 5.81. The Bertz CT molecular complexity index is 935. The molecule has 1 aromatic carbocycles. The smallest absolute Gasteiger partial charge is 0.277 e. The normalized spacial score (nSPS) is 16.7. The molecule has 27 heavy (non-hydrogen) atoms. The Morgan fingerprint density at radius 3 is 2.85 bits per heavy atom. The topological polar surface area (TPSA) is 96.3 Å². The first kappa shape index (κ1) is 16.6. The Kier molecular flexibility index (Phi) is 4.44. The lowest BCUT2D eigenvalue weighted by Crippen LogP contribution is -2.04. The van der Waals surface area contributed by atoms with Crippen molar-refractivity contribution in [3.05, 3.63) is 30.0 Å². The zero-order valence-electron chi connectivity index (χ0n) is 14.6. The van der Waals surface area contributed by atoms with Crippen LogP contribution in [0.2, 0.25) is 0 Å². The molecule has 0 N–H and O–H groups in total. The Hall–Kier alpha value is -2.55. The van der Waals surface area contributed by atoms with Crippen LogP contribution in [-0.4, -0.2) is 27.1 Å². The molecule has 0 spiro atoms. The molecule has 8 nitrogen and oxygen atoms in total. The van der Waals surface area contributed by atoms with E-state index in [0.29, 0.717) is 34.4 Å². The van der Waals surface area contributed by atoms with E-state index in [9.17, 15) is 0 Å². The van der Waals surface area contributed by atoms with Crippen molar-refractivity contribution in [2.45, 2.75) is 49.0 Å². The number of nitrogens with zero attached hydrogens (tertiary/aromatic N) is 4. The number of rotatable bonds is 5. The van der Waals surface area contributed by atoms with Gasteiger partial charge in [-0.05, 0) is 31.0 Å². The quantitative estimate of drug-likeness (QED) is 0.598. The molecule has 1 saturated carbocycles. The summed E-state index contributed by atoms with van der Waals surface area (Å²) in [4.78, 5) is 4.43. The maximum absolute atomic E-state index is 5.81. The molecule has 0 saturated heterocycles. The molecular weight excluding hydrogens is 368 g/mol. The predicted octanol–water partition coefficient (Wildman–Crippen LogP) is 4.19. The van der Waals surface area contributed by atoms with Crippen molar-refractivity contribution in [1.29, 1.82) is 0 Å². The van der Waals surface area contributed by atoms with E-state index in [0.717, 1.165) is 30.0 Å². The highest BCUT2D eigenvalue weighted by Gasteiger charge is 2.22. The third kappa shape index (κ3) is 3.51. The number of thioether (sulfide) groups is 1. The summed E-state index contributed by atoms with van der Waals surface area (Å²) in [6.45, 7) is 0.236. The molecule has 3 heterocycles. The maximum Gasteiger partial charge on any atom is 0.277 e. The molecule has 2 aliphatic rings. The minimum Gasteiger partial charge on any atom is -0.454 e. The fourth-order valence-electron chi connectivity index (χ4n) is 3.38. The van der Waals surface area contributed by atoms with Gasteiger partial charge in [0.25, 0.3) is 5.22 Å². The van der Waals surface area contributed by atoms with E-state index in [4.69, 9.17) is 18.4 Å². The highest BCUT2D eigenvalue weighted by atomic mass is 32.2. The van der Waals surface area contributed by atoms with E-state index >= 15 is 0 Å². The van der Waals surface area contributed by atoms with Crippen molar-refractivity contribution in [1.82, 2.24) is 20.3 Å². The SMILES string of the molecule is c1cc2c(cc1-c1noc(CSc3nnc(C4CCCCC4)o3)n1)OCO2. The van der Waals surface area contributed by atoms with Gasteiger partial charge in [-0.15, -0.1) is 10.2 Å². The average Bonchev–Trinajstić information content (AvgIpc) is 3.46. The number of hydrogen-bond donors (Lipinski definition) is 0. The summed E-state index contributed by atoms with van der Waals surface area (Å²) in [5, 5.41) is 12.9. The standard InChI is InChI=1S/C18H18N4O4S/c1-2-4-11(5-3-1)17-20-21-18(25-17)27-9-15-19-16(22-26-15)12-6-7-13-14(8-12)24-10-23-13/h6-8,11H,1-5,9-10H2. The van der Waals surface area contributed by atoms with Gasteiger partial charge in [0.15, 0.2) is 11.5 Å². The molecule has 1 aliphatic carbocycles. The Labute approximate surface area is 159 Å². The first-order valence-electron chi connectivity index (χ1n) is 9.04. The van der Waals surface area contributed by atoms with Crippen LogP contribution >= 0.6 is 11.8 Å². The first-order valence-corrected chi connectivity index (χ1v) is 10.0. The van der Waals surface area contributed by atoms with Gasteiger partial charge in [-0.2, -0.15) is 4.98 Å². The number of aromatic nitrogens is 4. The van der Waals surface area contributed by atoms with Gasteiger partial charge in [-0.25, -0.2) is 0 Å². The van der Waals surface area contributed by atoms with Crippen LogP contribution in [0.25, 0.3) is 11.4 Å². The number of hydrogen-bond acceptors (Lipinski definition) is 9. The predicted molar refractivity (Wildman–Crippen MR) is 95.5 cm³/mol. The summed E-state index contributed by atoms with van der Waals surface area (Å²) in [6.07, 6.45) is 6.04. The van der Waals surface area contributed by atoms with Gasteiger partial charge in [-0.3, -0.25) is 0 Å². The minimum atomic E-state index is 0.236. The summed E-state index contributed by atoms with van der Waals surface area (Å²) in [6, 6.07) is 5.57. The van der Waals surface area contributed by atoms with Gasteiger partial charge in [0.05, 0.1) is 5.75 Å². The van der Waals surface area contributed by atoms with Crippen molar-refractivity contribution in [2.24, 2.45) is 0 Å². The third-order valence-electron chi connectivity index (χ3n) is 4.79. The Morgan fingerprint density at radius 2 is 1.93 bits per heavy atom.